The Balaban J connectivity index is 2.27. The van der Waals surface area contributed by atoms with Crippen LogP contribution in [0.3, 0.4) is 0 Å². The van der Waals surface area contributed by atoms with E-state index < -0.39 is 0 Å². The van der Waals surface area contributed by atoms with Gasteiger partial charge in [-0.3, -0.25) is 4.79 Å². The molecule has 2 N–H and O–H groups in total. The van der Waals surface area contributed by atoms with Crippen molar-refractivity contribution in [1.29, 1.82) is 0 Å². The van der Waals surface area contributed by atoms with Crippen LogP contribution < -0.4 is 15.0 Å². The second-order valence-corrected chi connectivity index (χ2v) is 4.73. The second-order valence-electron chi connectivity index (χ2n) is 4.73. The molecule has 1 aromatic rings. The van der Waals surface area contributed by atoms with Crippen LogP contribution in [0.4, 0.5) is 5.69 Å². The summed E-state index contributed by atoms with van der Waals surface area (Å²) < 4.78 is 5.14. The number of nitrogens with zero attached hydrogens (tertiary/aromatic N) is 1. The lowest BCUT2D eigenvalue weighted by atomic mass is 10.0. The van der Waals surface area contributed by atoms with E-state index in [1.807, 2.05) is 24.3 Å². The number of benzene rings is 1. The van der Waals surface area contributed by atoms with Crippen molar-refractivity contribution in [3.63, 3.8) is 0 Å². The van der Waals surface area contributed by atoms with Crippen LogP contribution in [-0.2, 0) is 4.79 Å². The van der Waals surface area contributed by atoms with Crippen molar-refractivity contribution >= 4 is 11.6 Å². The van der Waals surface area contributed by atoms with Crippen LogP contribution in [-0.4, -0.2) is 43.4 Å². The van der Waals surface area contributed by atoms with Crippen LogP contribution in [0.1, 0.15) is 13.3 Å². The zero-order chi connectivity index (χ0) is 13.8. The number of nitrogens with one attached hydrogen (secondary N) is 1. The number of aliphatic hydroxyl groups excluding tert-OH is 1. The average molecular weight is 264 g/mol. The molecule has 1 aromatic carbocycles. The predicted molar refractivity (Wildman–Crippen MR) is 73.4 cm³/mol. The Morgan fingerprint density at radius 3 is 2.68 bits per heavy atom. The molecule has 0 radical (unpaired) electrons. The summed E-state index contributed by atoms with van der Waals surface area (Å²) in [6.07, 6.45) is 0.433. The highest BCUT2D eigenvalue weighted by Crippen LogP contribution is 2.26. The Labute approximate surface area is 113 Å². The second kappa shape index (κ2) is 5.93. The first kappa shape index (κ1) is 13.7. The molecule has 2 rings (SSSR count). The van der Waals surface area contributed by atoms with E-state index in [0.29, 0.717) is 13.0 Å². The Morgan fingerprint density at radius 2 is 2.11 bits per heavy atom. The largest absolute Gasteiger partial charge is 0.497 e. The smallest absolute Gasteiger partial charge is 0.242 e. The maximum atomic E-state index is 11.9. The molecule has 0 bridgehead atoms. The lowest BCUT2D eigenvalue weighted by molar-refractivity contribution is -0.124. The number of amides is 1. The van der Waals surface area contributed by atoms with Crippen molar-refractivity contribution in [3.8, 4) is 5.75 Å². The molecule has 1 heterocycles. The maximum Gasteiger partial charge on any atom is 0.242 e. The predicted octanol–water partition coefficient (Wildman–Crippen LogP) is 0.771. The number of aliphatic hydroxyl groups is 1. The van der Waals surface area contributed by atoms with E-state index in [1.165, 1.54) is 0 Å². The molecule has 19 heavy (non-hydrogen) atoms. The number of hydrogen-bond donors (Lipinski definition) is 2. The number of hydrogen-bond acceptors (Lipinski definition) is 4. The Morgan fingerprint density at radius 1 is 1.42 bits per heavy atom. The molecule has 0 aliphatic carbocycles. The topological polar surface area (TPSA) is 61.8 Å². The van der Waals surface area contributed by atoms with Crippen LogP contribution >= 0.6 is 0 Å². The zero-order valence-electron chi connectivity index (χ0n) is 11.3. The molecule has 5 nitrogen and oxygen atoms in total. The van der Waals surface area contributed by atoms with E-state index in [-0.39, 0.29) is 24.6 Å². The Kier molecular flexibility index (Phi) is 4.27. The van der Waals surface area contributed by atoms with E-state index in [2.05, 4.69) is 17.1 Å². The van der Waals surface area contributed by atoms with Crippen LogP contribution in [0.25, 0.3) is 0 Å². The molecule has 1 aliphatic heterocycles. The van der Waals surface area contributed by atoms with Crippen LogP contribution in [0, 0.1) is 0 Å². The first-order valence-electron chi connectivity index (χ1n) is 6.48. The summed E-state index contributed by atoms with van der Waals surface area (Å²) in [6, 6.07) is 7.52. The normalized spacial score (nSPS) is 23.1. The van der Waals surface area contributed by atoms with E-state index in [9.17, 15) is 4.79 Å². The van der Waals surface area contributed by atoms with Crippen molar-refractivity contribution in [2.24, 2.45) is 0 Å². The Bertz CT molecular complexity index is 433. The minimum atomic E-state index is -0.317. The molecule has 2 atom stereocenters. The van der Waals surface area contributed by atoms with Crippen molar-refractivity contribution in [2.45, 2.75) is 25.4 Å². The molecule has 1 aliphatic rings. The summed E-state index contributed by atoms with van der Waals surface area (Å²) in [5, 5.41) is 12.0. The van der Waals surface area contributed by atoms with Crippen molar-refractivity contribution in [2.75, 3.05) is 25.2 Å². The van der Waals surface area contributed by atoms with Gasteiger partial charge in [0, 0.05) is 24.9 Å². The summed E-state index contributed by atoms with van der Waals surface area (Å²) in [5.41, 5.74) is 0.974. The van der Waals surface area contributed by atoms with E-state index in [1.54, 1.807) is 7.11 Å². The SMILES string of the molecule is COc1ccc(N2C(C)CNC(=O)C2CCO)cc1. The highest BCUT2D eigenvalue weighted by Gasteiger charge is 2.33. The summed E-state index contributed by atoms with van der Waals surface area (Å²) >= 11 is 0. The Hall–Kier alpha value is -1.75. The number of piperazine rings is 1. The van der Waals surface area contributed by atoms with Gasteiger partial charge in [0.1, 0.15) is 11.8 Å². The molecule has 0 saturated carbocycles. The van der Waals surface area contributed by atoms with Crippen molar-refractivity contribution in [3.05, 3.63) is 24.3 Å². The third kappa shape index (κ3) is 2.81. The standard InChI is InChI=1S/C14H20N2O3/c1-10-9-15-14(18)13(7-8-17)16(10)11-3-5-12(19-2)6-4-11/h3-6,10,13,17H,7-9H2,1-2H3,(H,15,18). The fourth-order valence-corrected chi connectivity index (χ4v) is 2.48. The number of carbonyl (C=O) groups is 1. The summed E-state index contributed by atoms with van der Waals surface area (Å²) in [7, 11) is 1.63. The van der Waals surface area contributed by atoms with E-state index in [4.69, 9.17) is 9.84 Å². The average Bonchev–Trinajstić information content (AvgIpc) is 2.44. The minimum Gasteiger partial charge on any atom is -0.497 e. The van der Waals surface area contributed by atoms with Gasteiger partial charge in [-0.05, 0) is 37.6 Å². The zero-order valence-corrected chi connectivity index (χ0v) is 11.3. The van der Waals surface area contributed by atoms with Gasteiger partial charge in [-0.15, -0.1) is 0 Å². The number of rotatable bonds is 4. The van der Waals surface area contributed by atoms with E-state index in [0.717, 1.165) is 11.4 Å². The first-order chi connectivity index (χ1) is 9.17. The van der Waals surface area contributed by atoms with Crippen LogP contribution in [0.15, 0.2) is 24.3 Å². The molecule has 5 heteroatoms. The molecule has 1 amide bonds. The monoisotopic (exact) mass is 264 g/mol. The fourth-order valence-electron chi connectivity index (χ4n) is 2.48. The summed E-state index contributed by atoms with van der Waals surface area (Å²) in [4.78, 5) is 14.0. The number of carbonyl (C=O) groups excluding carboxylic acids is 1. The third-order valence-corrected chi connectivity index (χ3v) is 3.46. The molecule has 0 spiro atoms. The lowest BCUT2D eigenvalue weighted by Gasteiger charge is -2.41. The molecule has 104 valence electrons. The molecular formula is C14H20N2O3. The number of methoxy groups -OCH3 is 1. The molecule has 1 fully saturated rings. The van der Waals surface area contributed by atoms with Crippen LogP contribution in [0.2, 0.25) is 0 Å². The quantitative estimate of drug-likeness (QED) is 0.843. The van der Waals surface area contributed by atoms with Gasteiger partial charge in [0.2, 0.25) is 5.91 Å². The highest BCUT2D eigenvalue weighted by atomic mass is 16.5. The summed E-state index contributed by atoms with van der Waals surface area (Å²) in [5.74, 6) is 0.763. The number of ether oxygens (including phenoxy) is 1. The van der Waals surface area contributed by atoms with Gasteiger partial charge in [0.15, 0.2) is 0 Å². The van der Waals surface area contributed by atoms with Crippen molar-refractivity contribution in [1.82, 2.24) is 5.32 Å². The van der Waals surface area contributed by atoms with Crippen molar-refractivity contribution < 1.29 is 14.6 Å². The first-order valence-corrected chi connectivity index (χ1v) is 6.48. The van der Waals surface area contributed by atoms with Gasteiger partial charge in [-0.25, -0.2) is 0 Å². The van der Waals surface area contributed by atoms with Crippen LogP contribution in [0.5, 0.6) is 5.75 Å². The van der Waals surface area contributed by atoms with Gasteiger partial charge in [0.25, 0.3) is 0 Å². The van der Waals surface area contributed by atoms with Gasteiger partial charge < -0.3 is 20.1 Å². The number of anilines is 1. The fraction of sp³-hybridized carbons (Fsp3) is 0.500. The van der Waals surface area contributed by atoms with Gasteiger partial charge in [-0.2, -0.15) is 0 Å². The minimum absolute atomic E-state index is 0.00252. The molecule has 2 unspecified atom stereocenters. The van der Waals surface area contributed by atoms with Gasteiger partial charge >= 0.3 is 0 Å². The molecule has 1 saturated heterocycles. The van der Waals surface area contributed by atoms with E-state index >= 15 is 0 Å². The van der Waals surface area contributed by atoms with Gasteiger partial charge in [-0.1, -0.05) is 0 Å². The molecule has 0 aromatic heterocycles. The maximum absolute atomic E-state index is 11.9. The van der Waals surface area contributed by atoms with Gasteiger partial charge in [0.05, 0.1) is 7.11 Å². The molecular weight excluding hydrogens is 244 g/mol. The lowest BCUT2D eigenvalue weighted by Crippen LogP contribution is -2.60. The summed E-state index contributed by atoms with van der Waals surface area (Å²) in [6.45, 7) is 2.68. The highest BCUT2D eigenvalue weighted by molar-refractivity contribution is 5.86. The third-order valence-electron chi connectivity index (χ3n) is 3.46.